The molecule has 4 nitrogen and oxygen atoms in total. The number of aromatic hydroxyl groups is 1. The third kappa shape index (κ3) is 5.18. The lowest BCUT2D eigenvalue weighted by molar-refractivity contribution is 0.170. The van der Waals surface area contributed by atoms with Gasteiger partial charge in [-0.1, -0.05) is 31.9 Å². The fourth-order valence-corrected chi connectivity index (χ4v) is 4.00. The number of benzene rings is 3. The number of fused-ring (bicyclic) bond motifs is 1. The summed E-state index contributed by atoms with van der Waals surface area (Å²) in [6.07, 6.45) is 5.75. The highest BCUT2D eigenvalue weighted by Gasteiger charge is 2.21. The van der Waals surface area contributed by atoms with Gasteiger partial charge in [-0.05, 0) is 65.7 Å². The number of unbranched alkanes of at least 4 members (excludes halogenated alkanes) is 2. The number of anilines is 1. The van der Waals surface area contributed by atoms with Crippen LogP contribution in [0.4, 0.5) is 5.69 Å². The minimum Gasteiger partial charge on any atom is -0.508 e. The largest absolute Gasteiger partial charge is 0.508 e. The van der Waals surface area contributed by atoms with Crippen molar-refractivity contribution < 1.29 is 14.6 Å². The monoisotopic (exact) mass is 405 g/mol. The molecule has 158 valence electrons. The lowest BCUT2D eigenvalue weighted by atomic mass is 10.0. The van der Waals surface area contributed by atoms with Crippen LogP contribution in [-0.2, 0) is 0 Å². The van der Waals surface area contributed by atoms with E-state index in [4.69, 9.17) is 9.47 Å². The molecule has 0 saturated carbocycles. The molecular formula is C26H31NO3. The van der Waals surface area contributed by atoms with Gasteiger partial charge in [0.25, 0.3) is 0 Å². The molecule has 0 aliphatic carbocycles. The Morgan fingerprint density at radius 1 is 0.867 bits per heavy atom. The molecule has 0 atom stereocenters. The number of ether oxygens (including phenoxy) is 2. The predicted molar refractivity (Wildman–Crippen MR) is 123 cm³/mol. The van der Waals surface area contributed by atoms with E-state index in [1.54, 1.807) is 6.07 Å². The zero-order chi connectivity index (χ0) is 20.8. The predicted octanol–water partition coefficient (Wildman–Crippen LogP) is 6.16. The standard InChI is InChI=1S/C26H31NO3/c1-2-3-4-17-29-24-9-11-25(12-10-24)30-26-13-15-27(16-14-26)22-7-5-20-6-8-23(28)19-21(20)18-22/h5-12,18-19,26,28H,2-4,13-17H2,1H3. The number of phenolic OH excluding ortho intramolecular Hbond substituents is 1. The molecule has 30 heavy (non-hydrogen) atoms. The summed E-state index contributed by atoms with van der Waals surface area (Å²) in [5.41, 5.74) is 1.20. The van der Waals surface area contributed by atoms with Crippen LogP contribution in [-0.4, -0.2) is 30.9 Å². The van der Waals surface area contributed by atoms with Gasteiger partial charge in [0, 0.05) is 31.6 Å². The van der Waals surface area contributed by atoms with Crippen molar-refractivity contribution in [1.82, 2.24) is 0 Å². The summed E-state index contributed by atoms with van der Waals surface area (Å²) in [5, 5.41) is 12.0. The van der Waals surface area contributed by atoms with Gasteiger partial charge >= 0.3 is 0 Å². The van der Waals surface area contributed by atoms with E-state index >= 15 is 0 Å². The molecule has 1 aliphatic heterocycles. The number of rotatable bonds is 8. The molecular weight excluding hydrogens is 374 g/mol. The lowest BCUT2D eigenvalue weighted by Crippen LogP contribution is -2.38. The van der Waals surface area contributed by atoms with E-state index in [0.29, 0.717) is 5.75 Å². The van der Waals surface area contributed by atoms with Crippen LogP contribution in [0.3, 0.4) is 0 Å². The van der Waals surface area contributed by atoms with Crippen LogP contribution in [0.2, 0.25) is 0 Å². The van der Waals surface area contributed by atoms with Crippen molar-refractivity contribution >= 4 is 16.5 Å². The highest BCUT2D eigenvalue weighted by Crippen LogP contribution is 2.28. The number of piperidine rings is 1. The Morgan fingerprint density at radius 3 is 2.37 bits per heavy atom. The van der Waals surface area contributed by atoms with Crippen LogP contribution in [0, 0.1) is 0 Å². The van der Waals surface area contributed by atoms with Gasteiger partial charge in [0.1, 0.15) is 23.4 Å². The second-order valence-corrected chi connectivity index (χ2v) is 8.05. The molecule has 0 bridgehead atoms. The van der Waals surface area contributed by atoms with Gasteiger partial charge in [0.2, 0.25) is 0 Å². The van der Waals surface area contributed by atoms with Crippen molar-refractivity contribution in [3.63, 3.8) is 0 Å². The van der Waals surface area contributed by atoms with Crippen LogP contribution in [0.25, 0.3) is 10.8 Å². The number of phenols is 1. The van der Waals surface area contributed by atoms with E-state index in [1.807, 2.05) is 36.4 Å². The highest BCUT2D eigenvalue weighted by molar-refractivity contribution is 5.87. The second-order valence-electron chi connectivity index (χ2n) is 8.05. The molecule has 1 aliphatic rings. The molecule has 4 rings (SSSR count). The third-order valence-electron chi connectivity index (χ3n) is 5.76. The first kappa shape index (κ1) is 20.4. The topological polar surface area (TPSA) is 41.9 Å². The van der Waals surface area contributed by atoms with Gasteiger partial charge in [0.05, 0.1) is 6.61 Å². The number of hydrogen-bond donors (Lipinski definition) is 1. The minimum atomic E-state index is 0.238. The molecule has 3 aromatic carbocycles. The highest BCUT2D eigenvalue weighted by atomic mass is 16.5. The van der Waals surface area contributed by atoms with Gasteiger partial charge < -0.3 is 19.5 Å². The van der Waals surface area contributed by atoms with Gasteiger partial charge in [-0.2, -0.15) is 0 Å². The molecule has 1 heterocycles. The van der Waals surface area contributed by atoms with Crippen LogP contribution < -0.4 is 14.4 Å². The molecule has 0 aromatic heterocycles. The van der Waals surface area contributed by atoms with E-state index in [9.17, 15) is 5.11 Å². The molecule has 4 heteroatoms. The van der Waals surface area contributed by atoms with Crippen molar-refractivity contribution in [3.05, 3.63) is 60.7 Å². The van der Waals surface area contributed by atoms with Crippen molar-refractivity contribution in [3.8, 4) is 17.2 Å². The van der Waals surface area contributed by atoms with E-state index in [0.717, 1.165) is 61.2 Å². The summed E-state index contributed by atoms with van der Waals surface area (Å²) in [7, 11) is 0. The minimum absolute atomic E-state index is 0.238. The second kappa shape index (κ2) is 9.75. The summed E-state index contributed by atoms with van der Waals surface area (Å²) >= 11 is 0. The van der Waals surface area contributed by atoms with Crippen LogP contribution >= 0.6 is 0 Å². The SMILES string of the molecule is CCCCCOc1ccc(OC2CCN(c3ccc4ccc(O)cc4c3)CC2)cc1. The molecule has 1 fully saturated rings. The Kier molecular flexibility index (Phi) is 6.63. The van der Waals surface area contributed by atoms with Crippen molar-refractivity contribution in [2.45, 2.75) is 45.1 Å². The first-order chi connectivity index (χ1) is 14.7. The molecule has 3 aromatic rings. The Labute approximate surface area is 179 Å². The normalized spacial score (nSPS) is 14.8. The van der Waals surface area contributed by atoms with Crippen LogP contribution in [0.5, 0.6) is 17.2 Å². The summed E-state index contributed by atoms with van der Waals surface area (Å²) in [5.74, 6) is 2.13. The number of nitrogens with zero attached hydrogens (tertiary/aromatic N) is 1. The molecule has 0 amide bonds. The van der Waals surface area contributed by atoms with E-state index in [1.165, 1.54) is 18.5 Å². The van der Waals surface area contributed by atoms with Crippen molar-refractivity contribution in [1.29, 1.82) is 0 Å². The average molecular weight is 406 g/mol. The summed E-state index contributed by atoms with van der Waals surface area (Å²) in [6.45, 7) is 4.91. The average Bonchev–Trinajstić information content (AvgIpc) is 2.78. The fourth-order valence-electron chi connectivity index (χ4n) is 4.00. The third-order valence-corrected chi connectivity index (χ3v) is 5.76. The Morgan fingerprint density at radius 2 is 1.60 bits per heavy atom. The van der Waals surface area contributed by atoms with Crippen molar-refractivity contribution in [2.24, 2.45) is 0 Å². The van der Waals surface area contributed by atoms with E-state index in [2.05, 4.69) is 30.0 Å². The Bertz CT molecular complexity index is 946. The molecule has 1 saturated heterocycles. The maximum Gasteiger partial charge on any atom is 0.119 e. The van der Waals surface area contributed by atoms with Gasteiger partial charge in [-0.25, -0.2) is 0 Å². The van der Waals surface area contributed by atoms with Crippen molar-refractivity contribution in [2.75, 3.05) is 24.6 Å². The first-order valence-electron chi connectivity index (χ1n) is 11.1. The quantitative estimate of drug-likeness (QED) is 0.456. The lowest BCUT2D eigenvalue weighted by Gasteiger charge is -2.34. The summed E-state index contributed by atoms with van der Waals surface area (Å²) < 4.78 is 12.0. The summed E-state index contributed by atoms with van der Waals surface area (Å²) in [6, 6.07) is 20.0. The van der Waals surface area contributed by atoms with E-state index in [-0.39, 0.29) is 6.10 Å². The molecule has 1 N–H and O–H groups in total. The van der Waals surface area contributed by atoms with Crippen LogP contribution in [0.1, 0.15) is 39.0 Å². The zero-order valence-corrected chi connectivity index (χ0v) is 17.7. The summed E-state index contributed by atoms with van der Waals surface area (Å²) in [4.78, 5) is 2.40. The maximum atomic E-state index is 9.75. The molecule has 0 unspecified atom stereocenters. The Hall–Kier alpha value is -2.88. The first-order valence-corrected chi connectivity index (χ1v) is 11.1. The van der Waals surface area contributed by atoms with Gasteiger partial charge in [-0.15, -0.1) is 0 Å². The van der Waals surface area contributed by atoms with Crippen LogP contribution in [0.15, 0.2) is 60.7 Å². The van der Waals surface area contributed by atoms with E-state index < -0.39 is 0 Å². The molecule has 0 spiro atoms. The Balaban J connectivity index is 1.28. The zero-order valence-electron chi connectivity index (χ0n) is 17.7. The fraction of sp³-hybridized carbons (Fsp3) is 0.385. The van der Waals surface area contributed by atoms with Gasteiger partial charge in [0.15, 0.2) is 0 Å². The maximum absolute atomic E-state index is 9.75. The van der Waals surface area contributed by atoms with Gasteiger partial charge in [-0.3, -0.25) is 0 Å². The molecule has 0 radical (unpaired) electrons. The smallest absolute Gasteiger partial charge is 0.119 e. The number of hydrogen-bond acceptors (Lipinski definition) is 4.